The highest BCUT2D eigenvalue weighted by Crippen LogP contribution is 2.19. The Labute approximate surface area is 108 Å². The lowest BCUT2D eigenvalue weighted by atomic mass is 10.1. The minimum absolute atomic E-state index is 0.178. The fourth-order valence-electron chi connectivity index (χ4n) is 1.34. The number of halogens is 1. The number of aromatic nitrogens is 3. The quantitative estimate of drug-likeness (QED) is 0.881. The Morgan fingerprint density at radius 3 is 2.88 bits per heavy atom. The molecular weight excluding hydrogens is 315 g/mol. The molecule has 0 saturated heterocycles. The van der Waals surface area contributed by atoms with Gasteiger partial charge in [-0.2, -0.15) is 0 Å². The molecule has 4 nitrogen and oxygen atoms in total. The van der Waals surface area contributed by atoms with Crippen LogP contribution in [0.3, 0.4) is 0 Å². The van der Waals surface area contributed by atoms with Gasteiger partial charge in [0.2, 0.25) is 0 Å². The molecule has 16 heavy (non-hydrogen) atoms. The Morgan fingerprint density at radius 1 is 1.31 bits per heavy atom. The molecule has 1 atom stereocenters. The number of nitrogens with zero attached hydrogens (tertiary/aromatic N) is 3. The summed E-state index contributed by atoms with van der Waals surface area (Å²) in [6, 6.07) is 4.15. The van der Waals surface area contributed by atoms with Crippen LogP contribution in [-0.2, 0) is 0 Å². The molecule has 0 amide bonds. The van der Waals surface area contributed by atoms with Gasteiger partial charge in [-0.15, -0.1) is 0 Å². The second-order valence-electron chi connectivity index (χ2n) is 3.37. The maximum atomic E-state index is 4.19. The highest BCUT2D eigenvalue weighted by Gasteiger charge is 2.07. The topological polar surface area (TPSA) is 50.7 Å². The molecule has 2 rings (SSSR count). The van der Waals surface area contributed by atoms with Crippen molar-refractivity contribution >= 4 is 28.4 Å². The van der Waals surface area contributed by atoms with Gasteiger partial charge in [0.1, 0.15) is 12.1 Å². The van der Waals surface area contributed by atoms with Crippen molar-refractivity contribution < 1.29 is 0 Å². The third-order valence-electron chi connectivity index (χ3n) is 2.21. The predicted octanol–water partition coefficient (Wildman–Crippen LogP) is 2.65. The maximum absolute atomic E-state index is 4.19. The first kappa shape index (κ1) is 11.3. The third-order valence-corrected chi connectivity index (χ3v) is 2.99. The van der Waals surface area contributed by atoms with Crippen molar-refractivity contribution in [1.82, 2.24) is 15.0 Å². The zero-order valence-electron chi connectivity index (χ0n) is 8.76. The Hall–Kier alpha value is -1.24. The van der Waals surface area contributed by atoms with E-state index in [1.54, 1.807) is 18.7 Å². The highest BCUT2D eigenvalue weighted by molar-refractivity contribution is 14.1. The van der Waals surface area contributed by atoms with Crippen molar-refractivity contribution in [3.63, 3.8) is 0 Å². The zero-order chi connectivity index (χ0) is 11.4. The zero-order valence-corrected chi connectivity index (χ0v) is 10.9. The number of rotatable bonds is 3. The van der Waals surface area contributed by atoms with Gasteiger partial charge in [0, 0.05) is 18.6 Å². The van der Waals surface area contributed by atoms with E-state index < -0.39 is 0 Å². The van der Waals surface area contributed by atoms with E-state index in [9.17, 15) is 0 Å². The lowest BCUT2D eigenvalue weighted by Gasteiger charge is -2.14. The van der Waals surface area contributed by atoms with Crippen LogP contribution in [0.4, 0.5) is 5.82 Å². The lowest BCUT2D eigenvalue weighted by Crippen LogP contribution is -2.09. The first-order valence-electron chi connectivity index (χ1n) is 4.89. The molecule has 0 bridgehead atoms. The summed E-state index contributed by atoms with van der Waals surface area (Å²) in [6.07, 6.45) is 6.95. The van der Waals surface area contributed by atoms with Gasteiger partial charge in [-0.1, -0.05) is 6.07 Å². The van der Waals surface area contributed by atoms with Gasteiger partial charge in [-0.25, -0.2) is 9.97 Å². The van der Waals surface area contributed by atoms with Crippen molar-refractivity contribution in [1.29, 1.82) is 0 Å². The van der Waals surface area contributed by atoms with E-state index in [0.29, 0.717) is 0 Å². The van der Waals surface area contributed by atoms with Crippen molar-refractivity contribution in [3.8, 4) is 0 Å². The summed E-state index contributed by atoms with van der Waals surface area (Å²) < 4.78 is 1.01. The average Bonchev–Trinajstić information content (AvgIpc) is 2.33. The molecule has 0 saturated carbocycles. The van der Waals surface area contributed by atoms with E-state index in [1.165, 1.54) is 0 Å². The highest BCUT2D eigenvalue weighted by atomic mass is 127. The van der Waals surface area contributed by atoms with Crippen molar-refractivity contribution in [2.45, 2.75) is 13.0 Å². The van der Waals surface area contributed by atoms with Gasteiger partial charge < -0.3 is 5.32 Å². The summed E-state index contributed by atoms with van der Waals surface area (Å²) in [7, 11) is 0. The van der Waals surface area contributed by atoms with Crippen LogP contribution in [0.1, 0.15) is 18.5 Å². The predicted molar refractivity (Wildman–Crippen MR) is 71.0 cm³/mol. The van der Waals surface area contributed by atoms with Crippen molar-refractivity contribution in [2.75, 3.05) is 5.32 Å². The second-order valence-corrected chi connectivity index (χ2v) is 4.53. The molecule has 1 N–H and O–H groups in total. The Kier molecular flexibility index (Phi) is 3.66. The van der Waals surface area contributed by atoms with Gasteiger partial charge in [0.15, 0.2) is 0 Å². The summed E-state index contributed by atoms with van der Waals surface area (Å²) in [5, 5.41) is 3.33. The van der Waals surface area contributed by atoms with Crippen LogP contribution in [0.5, 0.6) is 0 Å². The fraction of sp³-hybridized carbons (Fsp3) is 0.182. The monoisotopic (exact) mass is 326 g/mol. The van der Waals surface area contributed by atoms with E-state index in [2.05, 4.69) is 49.8 Å². The molecule has 0 fully saturated rings. The Bertz CT molecular complexity index is 461. The van der Waals surface area contributed by atoms with Crippen LogP contribution < -0.4 is 5.32 Å². The van der Waals surface area contributed by atoms with Crippen molar-refractivity contribution in [2.24, 2.45) is 0 Å². The van der Waals surface area contributed by atoms with Gasteiger partial charge in [0.25, 0.3) is 0 Å². The molecule has 5 heteroatoms. The summed E-state index contributed by atoms with van der Waals surface area (Å²) in [4.78, 5) is 12.2. The summed E-state index contributed by atoms with van der Waals surface area (Å²) in [5.74, 6) is 0.854. The van der Waals surface area contributed by atoms with Crippen LogP contribution in [-0.4, -0.2) is 15.0 Å². The van der Waals surface area contributed by atoms with E-state index in [4.69, 9.17) is 0 Å². The summed E-state index contributed by atoms with van der Waals surface area (Å²) in [6.45, 7) is 2.08. The Balaban J connectivity index is 2.14. The van der Waals surface area contributed by atoms with Gasteiger partial charge in [-0.05, 0) is 41.1 Å². The van der Waals surface area contributed by atoms with Crippen LogP contribution >= 0.6 is 22.6 Å². The normalized spacial score (nSPS) is 12.1. The number of nitrogens with one attached hydrogen (secondary N) is 1. The molecule has 1 unspecified atom stereocenters. The van der Waals surface area contributed by atoms with Crippen LogP contribution in [0.15, 0.2) is 37.1 Å². The standard InChI is InChI=1S/C11H11IN4/c1-8(9-3-2-4-13-5-9)16-11-10(12)6-14-7-15-11/h2-8H,1H3,(H,14,15,16). The summed E-state index contributed by atoms with van der Waals surface area (Å²) >= 11 is 2.21. The minimum Gasteiger partial charge on any atom is -0.363 e. The molecule has 2 heterocycles. The first-order valence-corrected chi connectivity index (χ1v) is 5.97. The molecule has 0 spiro atoms. The SMILES string of the molecule is CC(Nc1ncncc1I)c1cccnc1. The molecule has 2 aromatic rings. The molecule has 82 valence electrons. The molecular formula is C11H11IN4. The molecule has 0 aliphatic heterocycles. The van der Waals surface area contributed by atoms with E-state index >= 15 is 0 Å². The van der Waals surface area contributed by atoms with Gasteiger partial charge >= 0.3 is 0 Å². The molecule has 0 aliphatic carbocycles. The van der Waals surface area contributed by atoms with Crippen LogP contribution in [0, 0.1) is 3.57 Å². The first-order chi connectivity index (χ1) is 7.77. The van der Waals surface area contributed by atoms with Crippen molar-refractivity contribution in [3.05, 3.63) is 46.2 Å². The maximum Gasteiger partial charge on any atom is 0.143 e. The van der Waals surface area contributed by atoms with Gasteiger partial charge in [-0.3, -0.25) is 4.98 Å². The van der Waals surface area contributed by atoms with Crippen LogP contribution in [0.2, 0.25) is 0 Å². The Morgan fingerprint density at radius 2 is 2.19 bits per heavy atom. The molecule has 0 aliphatic rings. The number of anilines is 1. The van der Waals surface area contributed by atoms with Crippen LogP contribution in [0.25, 0.3) is 0 Å². The van der Waals surface area contributed by atoms with E-state index in [1.807, 2.05) is 18.3 Å². The molecule has 2 aromatic heterocycles. The smallest absolute Gasteiger partial charge is 0.143 e. The largest absolute Gasteiger partial charge is 0.363 e. The third kappa shape index (κ3) is 2.66. The van der Waals surface area contributed by atoms with E-state index in [0.717, 1.165) is 15.0 Å². The number of hydrogen-bond acceptors (Lipinski definition) is 4. The average molecular weight is 326 g/mol. The minimum atomic E-state index is 0.178. The molecule has 0 aromatic carbocycles. The fourth-order valence-corrected chi connectivity index (χ4v) is 1.80. The second kappa shape index (κ2) is 5.20. The number of hydrogen-bond donors (Lipinski definition) is 1. The van der Waals surface area contributed by atoms with Gasteiger partial charge in [0.05, 0.1) is 9.61 Å². The summed E-state index contributed by atoms with van der Waals surface area (Å²) in [5.41, 5.74) is 1.14. The number of pyridine rings is 1. The van der Waals surface area contributed by atoms with E-state index in [-0.39, 0.29) is 6.04 Å². The lowest BCUT2D eigenvalue weighted by molar-refractivity contribution is 0.861. The molecule has 0 radical (unpaired) electrons.